The molecule has 4 rings (SSSR count). The third-order valence-electron chi connectivity index (χ3n) is 8.40. The van der Waals surface area contributed by atoms with Gasteiger partial charge in [-0.05, 0) is 68.4 Å². The zero-order chi connectivity index (χ0) is 32.2. The number of carbonyl (C=O) groups is 2. The van der Waals surface area contributed by atoms with E-state index < -0.39 is 35.7 Å². The molecule has 4 N–H and O–H groups in total. The molecule has 1 saturated heterocycles. The monoisotopic (exact) mass is 646 g/mol. The molecule has 1 aliphatic carbocycles. The number of nitrogens with zero attached hydrogens (tertiary/aromatic N) is 2. The van der Waals surface area contributed by atoms with E-state index in [1.807, 2.05) is 62.1 Å². The first-order chi connectivity index (χ1) is 20.7. The second kappa shape index (κ2) is 14.9. The number of hydrogen-bond acceptors (Lipinski definition) is 6. The number of aliphatic hydroxyl groups is 2. The van der Waals surface area contributed by atoms with E-state index in [1.54, 1.807) is 6.07 Å². The summed E-state index contributed by atoms with van der Waals surface area (Å²) in [5.74, 6) is -0.433. The zero-order valence-corrected chi connectivity index (χ0v) is 28.0. The van der Waals surface area contributed by atoms with E-state index in [0.717, 1.165) is 16.7 Å². The molecule has 0 spiro atoms. The first-order valence-electron chi connectivity index (χ1n) is 15.7. The number of carbonyl (C=O) groups excluding carboxylic acids is 2. The predicted molar refractivity (Wildman–Crippen MR) is 176 cm³/mol. The quantitative estimate of drug-likeness (QED) is 0.285. The van der Waals surface area contributed by atoms with Crippen molar-refractivity contribution in [2.75, 3.05) is 26.2 Å². The van der Waals surface area contributed by atoms with Crippen LogP contribution < -0.4 is 10.6 Å². The molecule has 1 fully saturated rings. The number of β-amino-alcohol motifs (C(OH)–C–C–N with tert-alkyl or cyclic N) is 1. The van der Waals surface area contributed by atoms with Crippen LogP contribution in [0.25, 0.3) is 0 Å². The molecule has 0 bridgehead atoms. The van der Waals surface area contributed by atoms with Crippen LogP contribution in [0.5, 0.6) is 0 Å². The number of piperazine rings is 1. The van der Waals surface area contributed by atoms with E-state index in [4.69, 9.17) is 23.2 Å². The van der Waals surface area contributed by atoms with Crippen LogP contribution in [0.15, 0.2) is 42.5 Å². The van der Waals surface area contributed by atoms with Gasteiger partial charge in [-0.2, -0.15) is 0 Å². The van der Waals surface area contributed by atoms with E-state index >= 15 is 0 Å². The zero-order valence-electron chi connectivity index (χ0n) is 26.5. The predicted octanol–water partition coefficient (Wildman–Crippen LogP) is 4.58. The fourth-order valence-corrected chi connectivity index (χ4v) is 6.73. The van der Waals surface area contributed by atoms with Gasteiger partial charge in [-0.3, -0.25) is 19.4 Å². The van der Waals surface area contributed by atoms with Gasteiger partial charge in [0.15, 0.2) is 0 Å². The van der Waals surface area contributed by atoms with Crippen LogP contribution in [0, 0.1) is 11.8 Å². The number of benzene rings is 2. The molecule has 0 aromatic heterocycles. The lowest BCUT2D eigenvalue weighted by atomic mass is 9.90. The van der Waals surface area contributed by atoms with E-state index in [1.165, 1.54) is 0 Å². The lowest BCUT2D eigenvalue weighted by Crippen LogP contribution is -2.61. The molecular formula is C34H48Cl2N4O4. The van der Waals surface area contributed by atoms with Crippen molar-refractivity contribution in [1.82, 2.24) is 20.4 Å². The fraction of sp³-hybridized carbons (Fsp3) is 0.588. The number of hydrogen-bond donors (Lipinski definition) is 4. The normalized spacial score (nSPS) is 22.5. The maximum absolute atomic E-state index is 13.6. The molecule has 10 heteroatoms. The van der Waals surface area contributed by atoms with Gasteiger partial charge in [0, 0.05) is 50.6 Å². The molecule has 0 radical (unpaired) electrons. The SMILES string of the molecule is CC(C)C[C@H](C[C@H](O)CN1CCN(Cc2ccc(Cl)c(Cl)c2)C[C@H]1C(=O)NC(C)(C)C)C(=O)N[C@H]1c2ccccc2C[C@H]1O. The van der Waals surface area contributed by atoms with E-state index in [2.05, 4.69) is 29.4 Å². The number of fused-ring (bicyclic) bond motifs is 1. The number of aliphatic hydroxyl groups excluding tert-OH is 2. The Morgan fingerprint density at radius 3 is 2.45 bits per heavy atom. The highest BCUT2D eigenvalue weighted by Gasteiger charge is 2.37. The van der Waals surface area contributed by atoms with Crippen LogP contribution in [0.2, 0.25) is 10.0 Å². The third-order valence-corrected chi connectivity index (χ3v) is 9.14. The van der Waals surface area contributed by atoms with Gasteiger partial charge in [0.2, 0.25) is 11.8 Å². The van der Waals surface area contributed by atoms with Crippen LogP contribution in [-0.2, 0) is 22.6 Å². The highest BCUT2D eigenvalue weighted by atomic mass is 35.5. The molecule has 2 aromatic rings. The summed E-state index contributed by atoms with van der Waals surface area (Å²) in [5, 5.41) is 29.3. The lowest BCUT2D eigenvalue weighted by Gasteiger charge is -2.42. The summed E-state index contributed by atoms with van der Waals surface area (Å²) in [6.45, 7) is 12.7. The Kier molecular flexibility index (Phi) is 11.8. The molecule has 5 atom stereocenters. The summed E-state index contributed by atoms with van der Waals surface area (Å²) < 4.78 is 0. The molecule has 1 heterocycles. The first-order valence-corrected chi connectivity index (χ1v) is 16.4. The summed E-state index contributed by atoms with van der Waals surface area (Å²) in [7, 11) is 0. The van der Waals surface area contributed by atoms with Crippen molar-refractivity contribution in [3.63, 3.8) is 0 Å². The molecule has 0 unspecified atom stereocenters. The van der Waals surface area contributed by atoms with Gasteiger partial charge in [0.25, 0.3) is 0 Å². The van der Waals surface area contributed by atoms with Crippen LogP contribution in [-0.4, -0.2) is 81.8 Å². The Bertz CT molecular complexity index is 1300. The van der Waals surface area contributed by atoms with E-state index in [-0.39, 0.29) is 30.7 Å². The molecule has 2 aliphatic rings. The number of amides is 2. The smallest absolute Gasteiger partial charge is 0.239 e. The van der Waals surface area contributed by atoms with Crippen LogP contribution >= 0.6 is 23.2 Å². The largest absolute Gasteiger partial charge is 0.392 e. The summed E-state index contributed by atoms with van der Waals surface area (Å²) >= 11 is 12.3. The molecule has 242 valence electrons. The van der Waals surface area contributed by atoms with E-state index in [0.29, 0.717) is 49.1 Å². The number of rotatable bonds is 11. The maximum Gasteiger partial charge on any atom is 0.239 e. The van der Waals surface area contributed by atoms with Crippen molar-refractivity contribution in [3.8, 4) is 0 Å². The molecule has 1 aliphatic heterocycles. The minimum Gasteiger partial charge on any atom is -0.392 e. The minimum absolute atomic E-state index is 0.0890. The van der Waals surface area contributed by atoms with Gasteiger partial charge in [0.05, 0.1) is 28.3 Å². The summed E-state index contributed by atoms with van der Waals surface area (Å²) in [6, 6.07) is 12.4. The molecule has 8 nitrogen and oxygen atoms in total. The molecular weight excluding hydrogens is 599 g/mol. The summed E-state index contributed by atoms with van der Waals surface area (Å²) in [6.07, 6.45) is -0.0992. The standard InChI is InChI=1S/C34H48Cl2N4O4/c1-21(2)14-24(32(43)37-31-26-9-7-6-8-23(26)17-30(31)42)16-25(41)19-40-13-12-39(18-22-10-11-27(35)28(36)15-22)20-29(40)33(44)38-34(3,4)5/h6-11,15,21,24-25,29-31,41-42H,12-14,16-20H2,1-5H3,(H,37,43)(H,38,44)/t24-,25+,29+,30-,31+/m1/s1. The van der Waals surface area contributed by atoms with Gasteiger partial charge in [-0.15, -0.1) is 0 Å². The number of halogens is 2. The summed E-state index contributed by atoms with van der Waals surface area (Å²) in [4.78, 5) is 31.3. The minimum atomic E-state index is -0.808. The van der Waals surface area contributed by atoms with Crippen molar-refractivity contribution in [1.29, 1.82) is 0 Å². The Morgan fingerprint density at radius 1 is 1.05 bits per heavy atom. The average molecular weight is 648 g/mol. The van der Waals surface area contributed by atoms with E-state index in [9.17, 15) is 19.8 Å². The highest BCUT2D eigenvalue weighted by Crippen LogP contribution is 2.32. The van der Waals surface area contributed by atoms with Crippen molar-refractivity contribution in [3.05, 3.63) is 69.2 Å². The third kappa shape index (κ3) is 9.41. The maximum atomic E-state index is 13.6. The first kappa shape index (κ1) is 34.7. The summed E-state index contributed by atoms with van der Waals surface area (Å²) in [5.41, 5.74) is 2.60. The Morgan fingerprint density at radius 2 is 1.77 bits per heavy atom. The van der Waals surface area contributed by atoms with Crippen molar-refractivity contribution in [2.45, 2.75) is 90.3 Å². The Hall–Kier alpha value is -2.20. The molecule has 2 aromatic carbocycles. The van der Waals surface area contributed by atoms with Gasteiger partial charge >= 0.3 is 0 Å². The van der Waals surface area contributed by atoms with Crippen molar-refractivity contribution >= 4 is 35.0 Å². The average Bonchev–Trinajstić information content (AvgIpc) is 3.24. The van der Waals surface area contributed by atoms with Crippen LogP contribution in [0.3, 0.4) is 0 Å². The van der Waals surface area contributed by atoms with Crippen LogP contribution in [0.4, 0.5) is 0 Å². The second-order valence-corrected chi connectivity index (χ2v) is 14.7. The van der Waals surface area contributed by atoms with Gasteiger partial charge < -0.3 is 20.8 Å². The Balaban J connectivity index is 1.43. The Labute approximate surface area is 272 Å². The molecule has 2 amide bonds. The van der Waals surface area contributed by atoms with Crippen molar-refractivity contribution < 1.29 is 19.8 Å². The van der Waals surface area contributed by atoms with Gasteiger partial charge in [0.1, 0.15) is 6.04 Å². The topological polar surface area (TPSA) is 105 Å². The molecule has 44 heavy (non-hydrogen) atoms. The van der Waals surface area contributed by atoms with Gasteiger partial charge in [-0.25, -0.2) is 0 Å². The molecule has 0 saturated carbocycles. The van der Waals surface area contributed by atoms with Crippen LogP contribution in [0.1, 0.15) is 70.2 Å². The number of nitrogens with one attached hydrogen (secondary N) is 2. The lowest BCUT2D eigenvalue weighted by molar-refractivity contribution is -0.132. The second-order valence-electron chi connectivity index (χ2n) is 13.9. The highest BCUT2D eigenvalue weighted by molar-refractivity contribution is 6.42. The van der Waals surface area contributed by atoms with Gasteiger partial charge in [-0.1, -0.05) is 67.4 Å². The fourth-order valence-electron chi connectivity index (χ4n) is 6.41. The van der Waals surface area contributed by atoms with Crippen molar-refractivity contribution in [2.24, 2.45) is 11.8 Å².